The van der Waals surface area contributed by atoms with Crippen LogP contribution in [0.25, 0.3) is 0 Å². The maximum atomic E-state index is 5.05. The van der Waals surface area contributed by atoms with Gasteiger partial charge < -0.3 is 4.90 Å². The first-order chi connectivity index (χ1) is 7.18. The van der Waals surface area contributed by atoms with Crippen LogP contribution in [0.3, 0.4) is 0 Å². The van der Waals surface area contributed by atoms with Crippen LogP contribution < -0.4 is 4.90 Å². The van der Waals surface area contributed by atoms with Crippen LogP contribution in [0, 0.1) is 4.77 Å². The maximum absolute atomic E-state index is 5.05. The second-order valence-corrected chi connectivity index (χ2v) is 4.33. The number of anilines is 1. The minimum absolute atomic E-state index is 0.620. The third-order valence-electron chi connectivity index (χ3n) is 2.08. The fourth-order valence-electron chi connectivity index (χ4n) is 1.31. The Hall–Kier alpha value is -1.21. The molecule has 2 heterocycles. The monoisotopic (exact) mass is 241 g/mol. The molecule has 0 aliphatic rings. The van der Waals surface area contributed by atoms with Crippen LogP contribution in [-0.2, 0) is 13.6 Å². The quantitative estimate of drug-likeness (QED) is 0.829. The highest BCUT2D eigenvalue weighted by Gasteiger charge is 2.09. The van der Waals surface area contributed by atoms with Crippen molar-refractivity contribution < 1.29 is 0 Å². The fourth-order valence-corrected chi connectivity index (χ4v) is 1.99. The predicted molar refractivity (Wildman–Crippen MR) is 62.6 cm³/mol. The van der Waals surface area contributed by atoms with Crippen molar-refractivity contribution in [1.29, 1.82) is 0 Å². The zero-order valence-electron chi connectivity index (χ0n) is 8.47. The molecule has 80 valence electrons. The van der Waals surface area contributed by atoms with Gasteiger partial charge in [-0.2, -0.15) is 0 Å². The third kappa shape index (κ3) is 2.07. The Balaban J connectivity index is 2.18. The molecule has 0 aromatic carbocycles. The summed E-state index contributed by atoms with van der Waals surface area (Å²) >= 11 is 6.64. The summed E-state index contributed by atoms with van der Waals surface area (Å²) in [5.74, 6) is 0.813. The Bertz CT molecular complexity index is 483. The van der Waals surface area contributed by atoms with E-state index in [0.29, 0.717) is 4.77 Å². The average molecular weight is 241 g/mol. The van der Waals surface area contributed by atoms with E-state index in [1.807, 2.05) is 34.5 Å². The lowest BCUT2D eigenvalue weighted by molar-refractivity contribution is 0.791. The minimum Gasteiger partial charge on any atom is -0.338 e. The van der Waals surface area contributed by atoms with Crippen molar-refractivity contribution in [3.05, 3.63) is 21.4 Å². The van der Waals surface area contributed by atoms with Crippen LogP contribution in [0.15, 0.2) is 10.9 Å². The average Bonchev–Trinajstić information content (AvgIpc) is 2.79. The topological polar surface area (TPSA) is 49.7 Å². The standard InChI is InChI=1S/C8H11N5S2/c1-12(3-6-4-15-5-9-6)7-10-11-8(14)13(7)2/h4-5H,3H2,1-2H3,(H,11,14). The highest BCUT2D eigenvalue weighted by molar-refractivity contribution is 7.71. The molecule has 2 aromatic heterocycles. The molecule has 0 radical (unpaired) electrons. The van der Waals surface area contributed by atoms with Crippen LogP contribution in [0.2, 0.25) is 0 Å². The maximum Gasteiger partial charge on any atom is 0.225 e. The van der Waals surface area contributed by atoms with Gasteiger partial charge in [0.2, 0.25) is 5.95 Å². The number of thiazole rings is 1. The first kappa shape index (κ1) is 10.3. The molecule has 0 fully saturated rings. The Labute approximate surface area is 96.4 Å². The van der Waals surface area contributed by atoms with Crippen LogP contribution in [-0.4, -0.2) is 26.8 Å². The molecule has 0 unspecified atom stereocenters. The molecule has 7 heteroatoms. The van der Waals surface area contributed by atoms with Gasteiger partial charge in [0.05, 0.1) is 17.7 Å². The van der Waals surface area contributed by atoms with Gasteiger partial charge in [0.1, 0.15) is 0 Å². The van der Waals surface area contributed by atoms with Crippen molar-refractivity contribution in [2.75, 3.05) is 11.9 Å². The van der Waals surface area contributed by atoms with E-state index in [-0.39, 0.29) is 0 Å². The third-order valence-corrected chi connectivity index (χ3v) is 3.08. The fraction of sp³-hybridized carbons (Fsp3) is 0.375. The van der Waals surface area contributed by atoms with Crippen molar-refractivity contribution in [3.63, 3.8) is 0 Å². The van der Waals surface area contributed by atoms with E-state index in [2.05, 4.69) is 15.2 Å². The van der Waals surface area contributed by atoms with Crippen molar-refractivity contribution in [3.8, 4) is 0 Å². The molecule has 5 nitrogen and oxygen atoms in total. The van der Waals surface area contributed by atoms with Gasteiger partial charge in [-0.05, 0) is 12.2 Å². The largest absolute Gasteiger partial charge is 0.338 e. The van der Waals surface area contributed by atoms with E-state index in [1.165, 1.54) is 0 Å². The Morgan fingerprint density at radius 2 is 2.47 bits per heavy atom. The van der Waals surface area contributed by atoms with E-state index in [4.69, 9.17) is 12.2 Å². The van der Waals surface area contributed by atoms with Crippen molar-refractivity contribution in [1.82, 2.24) is 19.7 Å². The molecule has 15 heavy (non-hydrogen) atoms. The summed E-state index contributed by atoms with van der Waals surface area (Å²) in [5, 5.41) is 8.92. The second-order valence-electron chi connectivity index (χ2n) is 3.22. The van der Waals surface area contributed by atoms with Crippen molar-refractivity contribution in [2.24, 2.45) is 7.05 Å². The Morgan fingerprint density at radius 3 is 3.00 bits per heavy atom. The molecule has 0 spiro atoms. The number of rotatable bonds is 3. The Kier molecular flexibility index (Phi) is 2.83. The number of aromatic amines is 1. The summed E-state index contributed by atoms with van der Waals surface area (Å²) in [5.41, 5.74) is 2.86. The lowest BCUT2D eigenvalue weighted by atomic mass is 10.4. The summed E-state index contributed by atoms with van der Waals surface area (Å²) in [6.45, 7) is 0.733. The molecule has 0 saturated heterocycles. The van der Waals surface area contributed by atoms with Gasteiger partial charge in [0.25, 0.3) is 0 Å². The van der Waals surface area contributed by atoms with Crippen molar-refractivity contribution in [2.45, 2.75) is 6.54 Å². The highest BCUT2D eigenvalue weighted by Crippen LogP contribution is 2.11. The molecule has 0 bridgehead atoms. The molecule has 0 atom stereocenters. The smallest absolute Gasteiger partial charge is 0.225 e. The van der Waals surface area contributed by atoms with Gasteiger partial charge in [-0.25, -0.2) is 10.1 Å². The number of hydrogen-bond acceptors (Lipinski definition) is 5. The molecule has 1 N–H and O–H groups in total. The van der Waals surface area contributed by atoms with E-state index in [9.17, 15) is 0 Å². The van der Waals surface area contributed by atoms with Gasteiger partial charge in [0, 0.05) is 19.5 Å². The molecule has 0 amide bonds. The molecule has 0 aliphatic heterocycles. The molecule has 2 aromatic rings. The van der Waals surface area contributed by atoms with Crippen LogP contribution >= 0.6 is 23.6 Å². The highest BCUT2D eigenvalue weighted by atomic mass is 32.1. The summed E-state index contributed by atoms with van der Waals surface area (Å²) in [6.07, 6.45) is 0. The van der Waals surface area contributed by atoms with Gasteiger partial charge in [0.15, 0.2) is 4.77 Å². The first-order valence-electron chi connectivity index (χ1n) is 4.38. The molecule has 0 saturated carbocycles. The van der Waals surface area contributed by atoms with Gasteiger partial charge in [-0.1, -0.05) is 0 Å². The zero-order chi connectivity index (χ0) is 10.8. The van der Waals surface area contributed by atoms with Crippen molar-refractivity contribution >= 4 is 29.5 Å². The van der Waals surface area contributed by atoms with Gasteiger partial charge >= 0.3 is 0 Å². The minimum atomic E-state index is 0.620. The molecule has 0 aliphatic carbocycles. The number of nitrogens with zero attached hydrogens (tertiary/aromatic N) is 4. The summed E-state index contributed by atoms with van der Waals surface area (Å²) in [6, 6.07) is 0. The van der Waals surface area contributed by atoms with E-state index in [0.717, 1.165) is 18.2 Å². The number of H-pyrrole nitrogens is 1. The van der Waals surface area contributed by atoms with E-state index < -0.39 is 0 Å². The molecular weight excluding hydrogens is 230 g/mol. The SMILES string of the molecule is CN(Cc1cscn1)c1n[nH]c(=S)n1C. The summed E-state index contributed by atoms with van der Waals surface area (Å²) in [7, 11) is 3.85. The molecule has 2 rings (SSSR count). The lowest BCUT2D eigenvalue weighted by Crippen LogP contribution is -2.20. The van der Waals surface area contributed by atoms with Gasteiger partial charge in [-0.15, -0.1) is 16.4 Å². The number of aromatic nitrogens is 4. The predicted octanol–water partition coefficient (Wildman–Crippen LogP) is 1.57. The number of nitrogens with one attached hydrogen (secondary N) is 1. The summed E-state index contributed by atoms with van der Waals surface area (Å²) < 4.78 is 2.46. The number of hydrogen-bond donors (Lipinski definition) is 1. The normalized spacial score (nSPS) is 10.5. The van der Waals surface area contributed by atoms with E-state index in [1.54, 1.807) is 11.3 Å². The van der Waals surface area contributed by atoms with E-state index >= 15 is 0 Å². The zero-order valence-corrected chi connectivity index (χ0v) is 10.1. The van der Waals surface area contributed by atoms with Crippen LogP contribution in [0.4, 0.5) is 5.95 Å². The first-order valence-corrected chi connectivity index (χ1v) is 5.73. The lowest BCUT2D eigenvalue weighted by Gasteiger charge is -2.15. The summed E-state index contributed by atoms with van der Waals surface area (Å²) in [4.78, 5) is 6.22. The van der Waals surface area contributed by atoms with Gasteiger partial charge in [-0.3, -0.25) is 4.57 Å². The Morgan fingerprint density at radius 1 is 1.67 bits per heavy atom. The second kappa shape index (κ2) is 4.11. The molecular formula is C8H11N5S2. The van der Waals surface area contributed by atoms with Crippen LogP contribution in [0.5, 0.6) is 0 Å². The van der Waals surface area contributed by atoms with Crippen LogP contribution in [0.1, 0.15) is 5.69 Å².